The van der Waals surface area contributed by atoms with Crippen molar-refractivity contribution in [2.45, 2.75) is 128 Å². The maximum Gasteiger partial charge on any atom is 0.325 e. The fraction of sp³-hybridized carbons (Fsp3) is 0.600. The lowest BCUT2D eigenvalue weighted by molar-refractivity contribution is -0.156. The molecule has 4 amide bonds. The third-order valence-electron chi connectivity index (χ3n) is 18.2. The predicted octanol–water partition coefficient (Wildman–Crippen LogP) is 5.29. The van der Waals surface area contributed by atoms with Gasteiger partial charge in [0.2, 0.25) is 17.7 Å². The first kappa shape index (κ1) is 53.9. The number of esters is 1. The predicted molar refractivity (Wildman–Crippen MR) is 297 cm³/mol. The summed E-state index contributed by atoms with van der Waals surface area (Å²) in [5.41, 5.74) is 10.9. The van der Waals surface area contributed by atoms with E-state index in [9.17, 15) is 19.5 Å². The number of nitrogens with zero attached hydrogens (tertiary/aromatic N) is 7. The number of rotatable bonds is 13. The summed E-state index contributed by atoms with van der Waals surface area (Å²) in [5, 5.41) is 20.5. The number of phenols is 1. The summed E-state index contributed by atoms with van der Waals surface area (Å²) < 4.78 is 14.7. The maximum atomic E-state index is 15.2. The number of methoxy groups -OCH3 is 1. The summed E-state index contributed by atoms with van der Waals surface area (Å²) in [6.45, 7) is 13.0. The molecule has 0 unspecified atom stereocenters. The van der Waals surface area contributed by atoms with Crippen LogP contribution in [0.3, 0.4) is 0 Å². The normalized spacial score (nSPS) is 26.2. The number of benzene rings is 2. The molecule has 6 bridgehead atoms. The number of pyridine rings is 1. The van der Waals surface area contributed by atoms with Gasteiger partial charge in [0, 0.05) is 94.8 Å². The van der Waals surface area contributed by atoms with E-state index >= 15 is 9.59 Å². The lowest BCUT2D eigenvalue weighted by atomic mass is 9.84. The number of carbonyl (C=O) groups is 5. The largest absolute Gasteiger partial charge is 0.508 e. The number of aromatic nitrogens is 2. The van der Waals surface area contributed by atoms with E-state index in [2.05, 4.69) is 82.5 Å². The van der Waals surface area contributed by atoms with Crippen molar-refractivity contribution in [3.8, 4) is 28.1 Å². The molecule has 78 heavy (non-hydrogen) atoms. The zero-order valence-corrected chi connectivity index (χ0v) is 46.8. The Morgan fingerprint density at radius 2 is 1.74 bits per heavy atom. The first-order valence-corrected chi connectivity index (χ1v) is 28.7. The highest BCUT2D eigenvalue weighted by molar-refractivity contribution is 5.97. The second-order valence-corrected chi connectivity index (χ2v) is 24.6. The minimum Gasteiger partial charge on any atom is -0.508 e. The van der Waals surface area contributed by atoms with Gasteiger partial charge in [-0.1, -0.05) is 38.8 Å². The SMILES string of the molecule is CCn1c(-c2cc(N3CCN(C)CC3)cnc2[C@H](C)OC)c2c3cc(ccc31)-c1cc(O)cc(c1)C[C@H](NC(=O)[C@H](C1CCCC1)N(C)C(=O)CN(C)C(=O)[C@@H]1N[C@@H]1C1CC1)C(=O)N1C[C@H]3C[C@H]3[C@H](N1)C(=O)OCC(C)(C)C2. The molecular formula is C60H80N10O8. The molecule has 18 nitrogen and oxygen atoms in total. The van der Waals surface area contributed by atoms with E-state index in [-0.39, 0.29) is 73.1 Å². The number of aryl methyl sites for hydroxylation is 1. The quantitative estimate of drug-likeness (QED) is 0.0996. The van der Waals surface area contributed by atoms with Crippen LogP contribution in [-0.2, 0) is 52.8 Å². The average molecular weight is 1070 g/mol. The number of nitrogens with one attached hydrogen (secondary N) is 3. The molecule has 3 saturated heterocycles. The average Bonchev–Trinajstić information content (AvgIpc) is 4.51. The third-order valence-corrected chi connectivity index (χ3v) is 18.2. The number of hydrogen-bond acceptors (Lipinski definition) is 13. The number of cyclic esters (lactones) is 1. The van der Waals surface area contributed by atoms with Gasteiger partial charge in [-0.2, -0.15) is 0 Å². The van der Waals surface area contributed by atoms with Gasteiger partial charge < -0.3 is 44.1 Å². The Bertz CT molecular complexity index is 2980. The number of carbonyl (C=O) groups excluding carboxylic acids is 5. The van der Waals surface area contributed by atoms with Gasteiger partial charge in [0.05, 0.1) is 42.5 Å². The van der Waals surface area contributed by atoms with Crippen molar-refractivity contribution in [1.82, 2.24) is 45.3 Å². The number of hydrazine groups is 1. The number of anilines is 1. The van der Waals surface area contributed by atoms with Crippen LogP contribution in [-0.4, -0.2) is 168 Å². The van der Waals surface area contributed by atoms with E-state index in [1.165, 1.54) is 14.8 Å². The standard InChI is InChI=1S/C60H80N10O8/c1-9-69-48-17-16-38-26-44(48)46(55(69)45-28-41(30-61-50(45)34(2)77-8)68-20-18-65(5)19-21-68)29-60(3,4)33-78-59(76)52-43-27-40(43)31-70(64-52)57(74)47(24-35-22-39(38)25-42(71)23-35)62-56(73)54(37-12-10-11-13-37)67(7)49(72)32-66(6)58(75)53-51(63-53)36-14-15-36/h16-17,22-23,25-26,28,30,34,36-37,40,43,47,51-54,63-64,71H,9-15,18-21,24,27,29,31-33H2,1-8H3,(H,62,73)/t34-,40+,43+,47-,51+,52-,53+,54-/m0/s1. The molecular weight excluding hydrogens is 989 g/mol. The summed E-state index contributed by atoms with van der Waals surface area (Å²) in [6.07, 6.45) is 8.43. The number of piperazine rings is 1. The Hall–Kier alpha value is -6.08. The molecule has 11 rings (SSSR count). The number of hydrogen-bond donors (Lipinski definition) is 4. The highest BCUT2D eigenvalue weighted by Crippen LogP contribution is 2.47. The van der Waals surface area contributed by atoms with Crippen LogP contribution in [0.25, 0.3) is 33.3 Å². The number of likely N-dealkylation sites (N-methyl/N-ethyl adjacent to an activating group) is 3. The Morgan fingerprint density at radius 1 is 0.987 bits per heavy atom. The molecule has 6 heterocycles. The summed E-state index contributed by atoms with van der Waals surface area (Å²) in [6, 6.07) is 11.0. The van der Waals surface area contributed by atoms with Crippen molar-refractivity contribution >= 4 is 46.2 Å². The summed E-state index contributed by atoms with van der Waals surface area (Å²) in [5.74, 6) is -1.42. The molecule has 418 valence electrons. The molecule has 3 saturated carbocycles. The van der Waals surface area contributed by atoms with Gasteiger partial charge in [-0.05, 0) is 136 Å². The van der Waals surface area contributed by atoms with Gasteiger partial charge >= 0.3 is 5.97 Å². The van der Waals surface area contributed by atoms with Crippen LogP contribution in [0.5, 0.6) is 5.75 Å². The Morgan fingerprint density at radius 3 is 2.46 bits per heavy atom. The second kappa shape index (κ2) is 21.5. The molecule has 18 heteroatoms. The maximum absolute atomic E-state index is 15.2. The van der Waals surface area contributed by atoms with Crippen LogP contribution >= 0.6 is 0 Å². The molecule has 4 aromatic rings. The van der Waals surface area contributed by atoms with Gasteiger partial charge in [0.1, 0.15) is 29.9 Å². The molecule has 2 aromatic carbocycles. The second-order valence-electron chi connectivity index (χ2n) is 24.6. The molecule has 0 spiro atoms. The fourth-order valence-electron chi connectivity index (χ4n) is 13.3. The number of fused-ring (bicyclic) bond motifs is 8. The van der Waals surface area contributed by atoms with Crippen LogP contribution in [0, 0.1) is 29.1 Å². The van der Waals surface area contributed by atoms with Crippen LogP contribution in [0.15, 0.2) is 48.7 Å². The van der Waals surface area contributed by atoms with Crippen LogP contribution in [0.4, 0.5) is 5.69 Å². The van der Waals surface area contributed by atoms with Gasteiger partial charge in [-0.3, -0.25) is 39.3 Å². The van der Waals surface area contributed by atoms with Gasteiger partial charge in [-0.25, -0.2) is 5.43 Å². The zero-order valence-electron chi connectivity index (χ0n) is 46.8. The van der Waals surface area contributed by atoms with Gasteiger partial charge in [-0.15, -0.1) is 0 Å². The zero-order chi connectivity index (χ0) is 54.9. The lowest BCUT2D eigenvalue weighted by Gasteiger charge is -2.37. The number of aromatic hydroxyl groups is 1. The highest BCUT2D eigenvalue weighted by atomic mass is 16.5. The number of amides is 4. The molecule has 2 aromatic heterocycles. The molecule has 4 aliphatic heterocycles. The fourth-order valence-corrected chi connectivity index (χ4v) is 13.3. The van der Waals surface area contributed by atoms with E-state index in [0.29, 0.717) is 31.0 Å². The molecule has 4 N–H and O–H groups in total. The molecule has 3 aliphatic carbocycles. The van der Waals surface area contributed by atoms with E-state index < -0.39 is 41.3 Å². The van der Waals surface area contributed by atoms with E-state index in [1.807, 2.05) is 19.2 Å². The minimum atomic E-state index is -1.16. The Balaban J connectivity index is 0.971. The van der Waals surface area contributed by atoms with Crippen molar-refractivity contribution in [1.29, 1.82) is 0 Å². The summed E-state index contributed by atoms with van der Waals surface area (Å²) in [7, 11) is 7.12. The third kappa shape index (κ3) is 10.9. The van der Waals surface area contributed by atoms with Crippen molar-refractivity contribution in [3.05, 3.63) is 65.5 Å². The smallest absolute Gasteiger partial charge is 0.325 e. The monoisotopic (exact) mass is 1070 g/mol. The van der Waals surface area contributed by atoms with E-state index in [1.54, 1.807) is 33.3 Å². The highest BCUT2D eigenvalue weighted by Gasteiger charge is 2.54. The number of phenolic OH excluding ortho intramolecular Hbond substituents is 1. The Kier molecular flexibility index (Phi) is 14.9. The minimum absolute atomic E-state index is 0.00472. The van der Waals surface area contributed by atoms with E-state index in [0.717, 1.165) is 121 Å². The van der Waals surface area contributed by atoms with Crippen molar-refractivity contribution < 1.29 is 38.6 Å². The molecule has 6 fully saturated rings. The molecule has 8 atom stereocenters. The summed E-state index contributed by atoms with van der Waals surface area (Å²) in [4.78, 5) is 85.0. The topological polar surface area (TPSA) is 204 Å². The van der Waals surface area contributed by atoms with E-state index in [4.69, 9.17) is 14.5 Å². The summed E-state index contributed by atoms with van der Waals surface area (Å²) >= 11 is 0. The lowest BCUT2D eigenvalue weighted by Crippen LogP contribution is -2.63. The first-order chi connectivity index (χ1) is 37.4. The van der Waals surface area contributed by atoms with Crippen molar-refractivity contribution in [3.63, 3.8) is 0 Å². The first-order valence-electron chi connectivity index (χ1n) is 28.7. The Labute approximate surface area is 458 Å². The van der Waals surface area contributed by atoms with Crippen molar-refractivity contribution in [2.24, 2.45) is 29.1 Å². The van der Waals surface area contributed by atoms with Crippen LogP contribution in [0.2, 0.25) is 0 Å². The molecule has 0 radical (unpaired) electrons. The molecule has 7 aliphatic rings. The number of ether oxygens (including phenoxy) is 2. The van der Waals surface area contributed by atoms with Crippen LogP contribution < -0.4 is 21.0 Å². The van der Waals surface area contributed by atoms with Crippen molar-refractivity contribution in [2.75, 3.05) is 79.0 Å². The van der Waals surface area contributed by atoms with Crippen LogP contribution in [0.1, 0.15) is 95.6 Å². The van der Waals surface area contributed by atoms with Gasteiger partial charge in [0.25, 0.3) is 5.91 Å². The van der Waals surface area contributed by atoms with Gasteiger partial charge in [0.15, 0.2) is 0 Å².